The van der Waals surface area contributed by atoms with Crippen LogP contribution in [0.25, 0.3) is 11.0 Å². The molecule has 25 heavy (non-hydrogen) atoms. The first-order chi connectivity index (χ1) is 12.0. The van der Waals surface area contributed by atoms with Crippen LogP contribution < -0.4 is 5.32 Å². The van der Waals surface area contributed by atoms with E-state index in [1.54, 1.807) is 7.11 Å². The Morgan fingerprint density at radius 3 is 2.64 bits per heavy atom. The molecule has 1 fully saturated rings. The summed E-state index contributed by atoms with van der Waals surface area (Å²) in [6.45, 7) is 2.65. The topological polar surface area (TPSA) is 70.5 Å². The average molecular weight is 352 g/mol. The number of piperidine rings is 1. The van der Waals surface area contributed by atoms with E-state index in [4.69, 9.17) is 4.74 Å². The number of ether oxygens (including phenoxy) is 1. The SMILES string of the molecule is COCC(O)CN1CCC(Nc2cnc3cc(F)c(F)cc3n2)CC1. The van der Waals surface area contributed by atoms with Crippen molar-refractivity contribution in [3.8, 4) is 0 Å². The normalized spacial score (nSPS) is 17.8. The van der Waals surface area contributed by atoms with Crippen molar-refractivity contribution in [2.75, 3.05) is 38.7 Å². The van der Waals surface area contributed by atoms with Crippen molar-refractivity contribution in [3.63, 3.8) is 0 Å². The summed E-state index contributed by atoms with van der Waals surface area (Å²) in [6.07, 6.45) is 2.86. The molecular weight excluding hydrogens is 330 g/mol. The third kappa shape index (κ3) is 4.59. The fourth-order valence-electron chi connectivity index (χ4n) is 3.09. The van der Waals surface area contributed by atoms with Crippen LogP contribution in [-0.4, -0.2) is 65.5 Å². The van der Waals surface area contributed by atoms with E-state index in [9.17, 15) is 13.9 Å². The molecule has 1 atom stereocenters. The lowest BCUT2D eigenvalue weighted by atomic mass is 10.0. The van der Waals surface area contributed by atoms with E-state index < -0.39 is 17.7 Å². The van der Waals surface area contributed by atoms with Crippen molar-refractivity contribution in [2.45, 2.75) is 25.0 Å². The lowest BCUT2D eigenvalue weighted by Crippen LogP contribution is -2.43. The van der Waals surface area contributed by atoms with E-state index in [1.165, 1.54) is 6.20 Å². The minimum absolute atomic E-state index is 0.230. The van der Waals surface area contributed by atoms with Gasteiger partial charge in [0.05, 0.1) is 29.9 Å². The highest BCUT2D eigenvalue weighted by Crippen LogP contribution is 2.19. The molecule has 0 aliphatic carbocycles. The smallest absolute Gasteiger partial charge is 0.161 e. The van der Waals surface area contributed by atoms with Gasteiger partial charge in [-0.25, -0.2) is 13.8 Å². The molecule has 2 aromatic rings. The minimum Gasteiger partial charge on any atom is -0.389 e. The first-order valence-corrected chi connectivity index (χ1v) is 8.33. The zero-order chi connectivity index (χ0) is 17.8. The molecule has 0 radical (unpaired) electrons. The molecule has 1 saturated heterocycles. The number of methoxy groups -OCH3 is 1. The quantitative estimate of drug-likeness (QED) is 0.826. The van der Waals surface area contributed by atoms with Crippen LogP contribution >= 0.6 is 0 Å². The summed E-state index contributed by atoms with van der Waals surface area (Å²) in [4.78, 5) is 10.6. The zero-order valence-corrected chi connectivity index (χ0v) is 14.1. The van der Waals surface area contributed by atoms with Crippen molar-refractivity contribution in [3.05, 3.63) is 30.0 Å². The summed E-state index contributed by atoms with van der Waals surface area (Å²) in [5, 5.41) is 13.1. The number of benzene rings is 1. The maximum Gasteiger partial charge on any atom is 0.161 e. The Morgan fingerprint density at radius 2 is 1.96 bits per heavy atom. The molecular formula is C17H22F2N4O2. The second-order valence-corrected chi connectivity index (χ2v) is 6.34. The van der Waals surface area contributed by atoms with Gasteiger partial charge in [0.1, 0.15) is 5.82 Å². The number of hydrogen-bond acceptors (Lipinski definition) is 6. The Labute approximate surface area is 144 Å². The number of nitrogens with zero attached hydrogens (tertiary/aromatic N) is 3. The molecule has 0 spiro atoms. The zero-order valence-electron chi connectivity index (χ0n) is 14.1. The van der Waals surface area contributed by atoms with Crippen LogP contribution in [0.1, 0.15) is 12.8 Å². The largest absolute Gasteiger partial charge is 0.389 e. The number of nitrogens with one attached hydrogen (secondary N) is 1. The van der Waals surface area contributed by atoms with E-state index in [-0.39, 0.29) is 6.04 Å². The van der Waals surface area contributed by atoms with E-state index >= 15 is 0 Å². The van der Waals surface area contributed by atoms with Gasteiger partial charge in [0, 0.05) is 44.9 Å². The van der Waals surface area contributed by atoms with Gasteiger partial charge in [0.15, 0.2) is 11.6 Å². The van der Waals surface area contributed by atoms with Crippen LogP contribution in [0.3, 0.4) is 0 Å². The van der Waals surface area contributed by atoms with E-state index in [0.717, 1.165) is 38.1 Å². The first-order valence-electron chi connectivity index (χ1n) is 8.33. The summed E-state index contributed by atoms with van der Waals surface area (Å²) in [5.41, 5.74) is 0.649. The standard InChI is InChI=1S/C17H22F2N4O2/c1-25-10-12(24)9-23-4-2-11(3-5-23)21-17-8-20-15-6-13(18)14(19)7-16(15)22-17/h6-8,11-12,24H,2-5,9-10H2,1H3,(H,21,22). The molecule has 6 nitrogen and oxygen atoms in total. The maximum atomic E-state index is 13.3. The second kappa shape index (κ2) is 7.99. The molecule has 0 amide bonds. The first kappa shape index (κ1) is 17.9. The van der Waals surface area contributed by atoms with Crippen molar-refractivity contribution < 1.29 is 18.6 Å². The number of aliphatic hydroxyl groups excluding tert-OH is 1. The molecule has 1 aliphatic rings. The van der Waals surface area contributed by atoms with Crippen molar-refractivity contribution in [1.82, 2.24) is 14.9 Å². The molecule has 1 unspecified atom stereocenters. The molecule has 2 N–H and O–H groups in total. The third-order valence-corrected chi connectivity index (χ3v) is 4.35. The van der Waals surface area contributed by atoms with Crippen LogP contribution in [0.15, 0.2) is 18.3 Å². The van der Waals surface area contributed by atoms with Crippen LogP contribution in [0.2, 0.25) is 0 Å². The highest BCUT2D eigenvalue weighted by Gasteiger charge is 2.21. The molecule has 8 heteroatoms. The van der Waals surface area contributed by atoms with Gasteiger partial charge in [-0.2, -0.15) is 0 Å². The Bertz CT molecular complexity index is 723. The highest BCUT2D eigenvalue weighted by molar-refractivity contribution is 5.75. The molecule has 2 heterocycles. The van der Waals surface area contributed by atoms with Gasteiger partial charge in [-0.3, -0.25) is 4.98 Å². The van der Waals surface area contributed by atoms with Gasteiger partial charge in [0.25, 0.3) is 0 Å². The molecule has 3 rings (SSSR count). The summed E-state index contributed by atoms with van der Waals surface area (Å²) >= 11 is 0. The molecule has 1 aliphatic heterocycles. The van der Waals surface area contributed by atoms with Gasteiger partial charge in [-0.15, -0.1) is 0 Å². The number of aliphatic hydroxyl groups is 1. The maximum absolute atomic E-state index is 13.3. The molecule has 0 saturated carbocycles. The average Bonchev–Trinajstić information content (AvgIpc) is 2.58. The second-order valence-electron chi connectivity index (χ2n) is 6.34. The van der Waals surface area contributed by atoms with E-state index in [2.05, 4.69) is 20.2 Å². The predicted molar refractivity (Wildman–Crippen MR) is 90.4 cm³/mol. The van der Waals surface area contributed by atoms with Crippen molar-refractivity contribution in [1.29, 1.82) is 0 Å². The third-order valence-electron chi connectivity index (χ3n) is 4.35. The molecule has 1 aromatic heterocycles. The fourth-order valence-corrected chi connectivity index (χ4v) is 3.09. The van der Waals surface area contributed by atoms with E-state index in [1.807, 2.05) is 0 Å². The number of likely N-dealkylation sites (tertiary alicyclic amines) is 1. The number of fused-ring (bicyclic) bond motifs is 1. The Hall–Kier alpha value is -1.90. The van der Waals surface area contributed by atoms with Crippen LogP contribution in [-0.2, 0) is 4.74 Å². The number of β-amino-alcohol motifs (C(OH)–C–C–N with tert-alkyl or cyclic N) is 1. The fraction of sp³-hybridized carbons (Fsp3) is 0.529. The monoisotopic (exact) mass is 352 g/mol. The lowest BCUT2D eigenvalue weighted by Gasteiger charge is -2.33. The van der Waals surface area contributed by atoms with Crippen molar-refractivity contribution in [2.24, 2.45) is 0 Å². The Morgan fingerprint density at radius 1 is 1.28 bits per heavy atom. The number of anilines is 1. The van der Waals surface area contributed by atoms with E-state index in [0.29, 0.717) is 30.0 Å². The number of rotatable bonds is 6. The number of halogens is 2. The molecule has 1 aromatic carbocycles. The van der Waals surface area contributed by atoms with Crippen LogP contribution in [0.4, 0.5) is 14.6 Å². The summed E-state index contributed by atoms with van der Waals surface area (Å²) in [6, 6.07) is 2.33. The van der Waals surface area contributed by atoms with Gasteiger partial charge < -0.3 is 20.1 Å². The highest BCUT2D eigenvalue weighted by atomic mass is 19.2. The summed E-state index contributed by atoms with van der Waals surface area (Å²) < 4.78 is 31.5. The molecule has 0 bridgehead atoms. The molecule has 136 valence electrons. The van der Waals surface area contributed by atoms with Gasteiger partial charge in [-0.05, 0) is 12.8 Å². The summed E-state index contributed by atoms with van der Waals surface area (Å²) in [5.74, 6) is -1.30. The minimum atomic E-state index is -0.929. The van der Waals surface area contributed by atoms with Gasteiger partial charge >= 0.3 is 0 Å². The number of aromatic nitrogens is 2. The predicted octanol–water partition coefficient (Wildman–Crippen LogP) is 1.79. The van der Waals surface area contributed by atoms with Gasteiger partial charge in [-0.1, -0.05) is 0 Å². The van der Waals surface area contributed by atoms with Crippen molar-refractivity contribution >= 4 is 16.9 Å². The lowest BCUT2D eigenvalue weighted by molar-refractivity contribution is 0.0327. The Balaban J connectivity index is 1.57. The van der Waals surface area contributed by atoms with Crippen LogP contribution in [0.5, 0.6) is 0 Å². The Kier molecular flexibility index (Phi) is 5.72. The summed E-state index contributed by atoms with van der Waals surface area (Å²) in [7, 11) is 1.57. The van der Waals surface area contributed by atoms with Crippen LogP contribution in [0, 0.1) is 11.6 Å². The number of hydrogen-bond donors (Lipinski definition) is 2. The van der Waals surface area contributed by atoms with Gasteiger partial charge in [0.2, 0.25) is 0 Å².